The number of nitrogens with two attached hydrogens (primary N) is 2. The molecule has 0 aromatic rings. The monoisotopic (exact) mass is 300 g/mol. The molecule has 2 saturated heterocycles. The molecule has 9 heteroatoms. The van der Waals surface area contributed by atoms with E-state index in [2.05, 4.69) is 0 Å². The Bertz CT molecular complexity index is 275. The van der Waals surface area contributed by atoms with Crippen molar-refractivity contribution in [1.82, 2.24) is 0 Å². The Kier molecular flexibility index (Phi) is 10.3. The summed E-state index contributed by atoms with van der Waals surface area (Å²) >= 11 is 0. The van der Waals surface area contributed by atoms with Crippen LogP contribution in [-0.4, -0.2) is 56.0 Å². The van der Waals surface area contributed by atoms with Gasteiger partial charge in [-0.25, -0.2) is 0 Å². The highest BCUT2D eigenvalue weighted by atomic mass is 32.3. The van der Waals surface area contributed by atoms with Crippen molar-refractivity contribution in [3.05, 3.63) is 0 Å². The van der Waals surface area contributed by atoms with Crippen LogP contribution in [-0.2, 0) is 19.9 Å². The standard InChI is InChI=1S/2C5H11NO.H2O4S/c2*6-4-5-2-1-3-7-5;1-5(2,3)4/h2*5H,1-4,6H2;(H2,1,2,3,4). The molecule has 0 aromatic carbocycles. The summed E-state index contributed by atoms with van der Waals surface area (Å²) in [7, 11) is -4.67. The molecule has 2 aliphatic rings. The Morgan fingerprint density at radius 3 is 1.37 bits per heavy atom. The smallest absolute Gasteiger partial charge is 0.377 e. The summed E-state index contributed by atoms with van der Waals surface area (Å²) in [5.41, 5.74) is 10.6. The van der Waals surface area contributed by atoms with E-state index < -0.39 is 10.4 Å². The molecule has 0 spiro atoms. The largest absolute Gasteiger partial charge is 0.394 e. The van der Waals surface area contributed by atoms with Gasteiger partial charge in [0.25, 0.3) is 0 Å². The average Bonchev–Trinajstić information content (AvgIpc) is 3.01. The zero-order valence-electron chi connectivity index (χ0n) is 10.9. The first kappa shape index (κ1) is 18.7. The molecule has 2 aliphatic heterocycles. The van der Waals surface area contributed by atoms with Crippen LogP contribution < -0.4 is 11.5 Å². The number of ether oxygens (including phenoxy) is 2. The van der Waals surface area contributed by atoms with E-state index in [1.165, 1.54) is 12.8 Å². The molecule has 6 N–H and O–H groups in total. The highest BCUT2D eigenvalue weighted by Gasteiger charge is 2.12. The van der Waals surface area contributed by atoms with Gasteiger partial charge in [0, 0.05) is 26.3 Å². The van der Waals surface area contributed by atoms with Gasteiger partial charge in [-0.1, -0.05) is 0 Å². The lowest BCUT2D eigenvalue weighted by molar-refractivity contribution is 0.117. The number of rotatable bonds is 2. The van der Waals surface area contributed by atoms with Crippen molar-refractivity contribution in [2.24, 2.45) is 11.5 Å². The van der Waals surface area contributed by atoms with Gasteiger partial charge in [0.05, 0.1) is 12.2 Å². The highest BCUT2D eigenvalue weighted by molar-refractivity contribution is 7.79. The molecular formula is C10H24N2O6S. The second-order valence-corrected chi connectivity index (χ2v) is 5.08. The molecule has 0 saturated carbocycles. The zero-order chi connectivity index (χ0) is 14.7. The van der Waals surface area contributed by atoms with Gasteiger partial charge in [0.2, 0.25) is 0 Å². The minimum atomic E-state index is -4.67. The fraction of sp³-hybridized carbons (Fsp3) is 1.00. The lowest BCUT2D eigenvalue weighted by Crippen LogP contribution is -2.17. The third-order valence-corrected chi connectivity index (χ3v) is 2.57. The van der Waals surface area contributed by atoms with Gasteiger partial charge < -0.3 is 20.9 Å². The summed E-state index contributed by atoms with van der Waals surface area (Å²) in [6.07, 6.45) is 5.47. The van der Waals surface area contributed by atoms with Crippen LogP contribution in [0.3, 0.4) is 0 Å². The van der Waals surface area contributed by atoms with Crippen molar-refractivity contribution in [2.75, 3.05) is 26.3 Å². The molecule has 2 atom stereocenters. The second kappa shape index (κ2) is 10.5. The van der Waals surface area contributed by atoms with E-state index in [1.807, 2.05) is 0 Å². The van der Waals surface area contributed by atoms with E-state index in [0.717, 1.165) is 26.1 Å². The summed E-state index contributed by atoms with van der Waals surface area (Å²) in [6, 6.07) is 0. The van der Waals surface area contributed by atoms with E-state index in [1.54, 1.807) is 0 Å². The topological polar surface area (TPSA) is 145 Å². The van der Waals surface area contributed by atoms with Crippen LogP contribution in [0.2, 0.25) is 0 Å². The Labute approximate surface area is 114 Å². The zero-order valence-corrected chi connectivity index (χ0v) is 11.7. The van der Waals surface area contributed by atoms with E-state index in [9.17, 15) is 0 Å². The third-order valence-electron chi connectivity index (χ3n) is 2.57. The predicted molar refractivity (Wildman–Crippen MR) is 70.2 cm³/mol. The summed E-state index contributed by atoms with van der Waals surface area (Å²) in [5, 5.41) is 0. The van der Waals surface area contributed by atoms with Crippen molar-refractivity contribution < 1.29 is 27.0 Å². The first-order valence-corrected chi connectivity index (χ1v) is 7.59. The predicted octanol–water partition coefficient (Wildman–Crippen LogP) is -0.405. The molecule has 19 heavy (non-hydrogen) atoms. The first-order valence-electron chi connectivity index (χ1n) is 6.20. The van der Waals surface area contributed by atoms with Crippen molar-refractivity contribution in [1.29, 1.82) is 0 Å². The molecule has 0 bridgehead atoms. The molecule has 2 rings (SSSR count). The van der Waals surface area contributed by atoms with Crippen molar-refractivity contribution >= 4 is 10.4 Å². The van der Waals surface area contributed by atoms with Crippen molar-refractivity contribution in [2.45, 2.75) is 37.9 Å². The maximum atomic E-state index is 8.74. The SMILES string of the molecule is NCC1CCCO1.NCC1CCCO1.O=S(=O)(O)O. The number of hydrogen-bond acceptors (Lipinski definition) is 6. The van der Waals surface area contributed by atoms with Crippen molar-refractivity contribution in [3.63, 3.8) is 0 Å². The molecule has 0 amide bonds. The summed E-state index contributed by atoms with van der Waals surface area (Å²) < 4.78 is 41.9. The number of hydrogen-bond donors (Lipinski definition) is 4. The van der Waals surface area contributed by atoms with E-state index >= 15 is 0 Å². The van der Waals surface area contributed by atoms with Gasteiger partial charge >= 0.3 is 10.4 Å². The normalized spacial score (nSPS) is 26.1. The molecule has 2 fully saturated rings. The first-order chi connectivity index (χ1) is 8.86. The molecule has 0 aliphatic carbocycles. The molecule has 0 aromatic heterocycles. The molecule has 0 radical (unpaired) electrons. The quantitative estimate of drug-likeness (QED) is 0.504. The van der Waals surface area contributed by atoms with Gasteiger partial charge in [0.1, 0.15) is 0 Å². The lowest BCUT2D eigenvalue weighted by atomic mass is 10.2. The van der Waals surface area contributed by atoms with Crippen molar-refractivity contribution in [3.8, 4) is 0 Å². The molecular weight excluding hydrogens is 276 g/mol. The van der Waals surface area contributed by atoms with Crippen LogP contribution in [0.15, 0.2) is 0 Å². The molecule has 2 unspecified atom stereocenters. The van der Waals surface area contributed by atoms with Crippen LogP contribution in [0, 0.1) is 0 Å². The van der Waals surface area contributed by atoms with Gasteiger partial charge in [-0.05, 0) is 25.7 Å². The van der Waals surface area contributed by atoms with Crippen LogP contribution in [0.4, 0.5) is 0 Å². The maximum Gasteiger partial charge on any atom is 0.394 e. The van der Waals surface area contributed by atoms with Crippen LogP contribution >= 0.6 is 0 Å². The summed E-state index contributed by atoms with van der Waals surface area (Å²) in [6.45, 7) is 3.23. The third kappa shape index (κ3) is 13.9. The Balaban J connectivity index is 0.000000261. The average molecular weight is 300 g/mol. The van der Waals surface area contributed by atoms with Crippen LogP contribution in [0.1, 0.15) is 25.7 Å². The molecule has 8 nitrogen and oxygen atoms in total. The van der Waals surface area contributed by atoms with Gasteiger partial charge in [-0.3, -0.25) is 9.11 Å². The van der Waals surface area contributed by atoms with Crippen LogP contribution in [0.25, 0.3) is 0 Å². The van der Waals surface area contributed by atoms with E-state index in [4.69, 9.17) is 38.5 Å². The summed E-state index contributed by atoms with van der Waals surface area (Å²) in [5.74, 6) is 0. The van der Waals surface area contributed by atoms with Crippen LogP contribution in [0.5, 0.6) is 0 Å². The Hall–Kier alpha value is -0.290. The molecule has 2 heterocycles. The Morgan fingerprint density at radius 2 is 1.26 bits per heavy atom. The second-order valence-electron chi connectivity index (χ2n) is 4.19. The van der Waals surface area contributed by atoms with E-state index in [0.29, 0.717) is 25.3 Å². The van der Waals surface area contributed by atoms with Gasteiger partial charge in [0.15, 0.2) is 0 Å². The minimum Gasteiger partial charge on any atom is -0.377 e. The fourth-order valence-corrected chi connectivity index (χ4v) is 1.66. The fourth-order valence-electron chi connectivity index (χ4n) is 1.66. The summed E-state index contributed by atoms with van der Waals surface area (Å²) in [4.78, 5) is 0. The molecule has 116 valence electrons. The maximum absolute atomic E-state index is 8.74. The van der Waals surface area contributed by atoms with Gasteiger partial charge in [-0.2, -0.15) is 8.42 Å². The highest BCUT2D eigenvalue weighted by Crippen LogP contribution is 2.09. The lowest BCUT2D eigenvalue weighted by Gasteiger charge is -2.01. The van der Waals surface area contributed by atoms with E-state index in [-0.39, 0.29) is 0 Å². The minimum absolute atomic E-state index is 0.375. The van der Waals surface area contributed by atoms with Gasteiger partial charge in [-0.15, -0.1) is 0 Å². The Morgan fingerprint density at radius 1 is 0.947 bits per heavy atom.